The number of carboxylic acids is 1. The van der Waals surface area contributed by atoms with Gasteiger partial charge >= 0.3 is 12.1 Å². The maximum atomic E-state index is 12.4. The van der Waals surface area contributed by atoms with Crippen LogP contribution in [-0.4, -0.2) is 79.5 Å². The van der Waals surface area contributed by atoms with Gasteiger partial charge in [-0.1, -0.05) is 6.07 Å². The number of nitrogens with zero attached hydrogens (tertiary/aromatic N) is 2. The molecule has 0 saturated carbocycles. The SMILES string of the molecule is COCC1CCC2(CCN(Cc3cccs3)CC2)N1S(C)(=O)=O.O=C(O)C(F)(F)F. The number of piperidine rings is 1. The van der Waals surface area contributed by atoms with Crippen molar-refractivity contribution in [1.82, 2.24) is 9.21 Å². The maximum Gasteiger partial charge on any atom is 0.490 e. The number of hydrogen-bond donors (Lipinski definition) is 1. The number of halogens is 3. The number of sulfonamides is 1. The summed E-state index contributed by atoms with van der Waals surface area (Å²) in [6.07, 6.45) is -0.0230. The van der Waals surface area contributed by atoms with E-state index in [9.17, 15) is 21.6 Å². The molecule has 0 aliphatic carbocycles. The number of carbonyl (C=O) groups is 1. The molecule has 0 bridgehead atoms. The fraction of sp³-hybridized carbons (Fsp3) is 0.722. The van der Waals surface area contributed by atoms with Crippen LogP contribution in [0.25, 0.3) is 0 Å². The van der Waals surface area contributed by atoms with Crippen molar-refractivity contribution in [1.29, 1.82) is 0 Å². The van der Waals surface area contributed by atoms with Gasteiger partial charge in [-0.05, 0) is 37.1 Å². The molecule has 2 aliphatic rings. The quantitative estimate of drug-likeness (QED) is 0.709. The van der Waals surface area contributed by atoms with Gasteiger partial charge in [-0.15, -0.1) is 11.3 Å². The molecule has 3 heterocycles. The minimum absolute atomic E-state index is 0.00107. The Morgan fingerprint density at radius 1 is 1.33 bits per heavy atom. The number of ether oxygens (including phenoxy) is 1. The number of rotatable bonds is 5. The lowest BCUT2D eigenvalue weighted by molar-refractivity contribution is -0.192. The first-order valence-corrected chi connectivity index (χ1v) is 12.2. The van der Waals surface area contributed by atoms with Gasteiger partial charge in [0.25, 0.3) is 0 Å². The molecule has 1 N–H and O–H groups in total. The van der Waals surface area contributed by atoms with Crippen molar-refractivity contribution in [2.75, 3.05) is 33.1 Å². The molecule has 1 aromatic heterocycles. The second-order valence-corrected chi connectivity index (χ2v) is 10.5. The van der Waals surface area contributed by atoms with Crippen LogP contribution in [0.1, 0.15) is 30.6 Å². The summed E-state index contributed by atoms with van der Waals surface area (Å²) in [5.74, 6) is -2.76. The number of likely N-dealkylation sites (tertiary alicyclic amines) is 1. The van der Waals surface area contributed by atoms with Crippen LogP contribution in [0.3, 0.4) is 0 Å². The Bertz CT molecular complexity index is 791. The lowest BCUT2D eigenvalue weighted by atomic mass is 9.86. The van der Waals surface area contributed by atoms with Crippen LogP contribution in [0, 0.1) is 0 Å². The second kappa shape index (κ2) is 9.94. The van der Waals surface area contributed by atoms with E-state index in [0.29, 0.717) is 6.61 Å². The Morgan fingerprint density at radius 3 is 2.37 bits per heavy atom. The minimum atomic E-state index is -5.08. The number of thiophene rings is 1. The maximum absolute atomic E-state index is 12.4. The van der Waals surface area contributed by atoms with E-state index >= 15 is 0 Å². The van der Waals surface area contributed by atoms with Crippen LogP contribution in [0.15, 0.2) is 17.5 Å². The Labute approximate surface area is 178 Å². The van der Waals surface area contributed by atoms with Crippen molar-refractivity contribution in [2.45, 2.75) is 50.0 Å². The molecule has 0 amide bonds. The predicted octanol–water partition coefficient (Wildman–Crippen LogP) is 2.79. The average Bonchev–Trinajstić information content (AvgIpc) is 3.25. The van der Waals surface area contributed by atoms with Crippen molar-refractivity contribution in [3.05, 3.63) is 22.4 Å². The van der Waals surface area contributed by atoms with E-state index in [0.717, 1.165) is 45.3 Å². The van der Waals surface area contributed by atoms with Gasteiger partial charge in [0.1, 0.15) is 0 Å². The largest absolute Gasteiger partial charge is 0.490 e. The van der Waals surface area contributed by atoms with Crippen molar-refractivity contribution >= 4 is 27.3 Å². The first-order chi connectivity index (χ1) is 13.9. The highest BCUT2D eigenvalue weighted by molar-refractivity contribution is 7.88. The zero-order valence-corrected chi connectivity index (χ0v) is 18.5. The summed E-state index contributed by atoms with van der Waals surface area (Å²) in [6.45, 7) is 3.40. The van der Waals surface area contributed by atoms with Gasteiger partial charge in [0.2, 0.25) is 10.0 Å². The predicted molar refractivity (Wildman–Crippen MR) is 107 cm³/mol. The van der Waals surface area contributed by atoms with Gasteiger partial charge in [-0.25, -0.2) is 13.2 Å². The van der Waals surface area contributed by atoms with Gasteiger partial charge in [0.05, 0.1) is 12.9 Å². The first-order valence-electron chi connectivity index (χ1n) is 9.42. The average molecular weight is 473 g/mol. The standard InChI is InChI=1S/C16H26N2O3S2.C2HF3O2/c1-21-13-14-5-6-16(18(14)23(2,19)20)7-9-17(10-8-16)12-15-4-3-11-22-15;3-2(4,5)1(6)7/h3-4,11,14H,5-10,12-13H2,1-2H3;(H,6,7). The molecule has 172 valence electrons. The summed E-state index contributed by atoms with van der Waals surface area (Å²) in [5, 5.41) is 9.23. The van der Waals surface area contributed by atoms with Crippen molar-refractivity contribution in [3.63, 3.8) is 0 Å². The zero-order chi connectivity index (χ0) is 22.6. The number of hydrogen-bond acceptors (Lipinski definition) is 6. The van der Waals surface area contributed by atoms with Crippen LogP contribution in [0.5, 0.6) is 0 Å². The highest BCUT2D eigenvalue weighted by atomic mass is 32.2. The van der Waals surface area contributed by atoms with E-state index in [-0.39, 0.29) is 11.6 Å². The molecular formula is C18H27F3N2O5S2. The van der Waals surface area contributed by atoms with Crippen molar-refractivity contribution in [2.24, 2.45) is 0 Å². The third-order valence-electron chi connectivity index (χ3n) is 5.45. The van der Waals surface area contributed by atoms with Gasteiger partial charge in [0.15, 0.2) is 0 Å². The summed E-state index contributed by atoms with van der Waals surface area (Å²) >= 11 is 1.79. The summed E-state index contributed by atoms with van der Waals surface area (Å²) < 4.78 is 63.6. The molecule has 0 radical (unpaired) electrons. The van der Waals surface area contributed by atoms with E-state index in [1.807, 2.05) is 0 Å². The molecule has 1 unspecified atom stereocenters. The molecule has 1 aromatic rings. The molecule has 3 rings (SSSR count). The summed E-state index contributed by atoms with van der Waals surface area (Å²) in [4.78, 5) is 12.7. The molecule has 0 aromatic carbocycles. The van der Waals surface area contributed by atoms with Crippen LogP contribution in [0.4, 0.5) is 13.2 Å². The fourth-order valence-electron chi connectivity index (χ4n) is 4.24. The van der Waals surface area contributed by atoms with E-state index in [1.165, 1.54) is 11.1 Å². The van der Waals surface area contributed by atoms with Crippen LogP contribution in [0.2, 0.25) is 0 Å². The van der Waals surface area contributed by atoms with Gasteiger partial charge < -0.3 is 9.84 Å². The Kier molecular flexibility index (Phi) is 8.30. The van der Waals surface area contributed by atoms with E-state index < -0.39 is 22.2 Å². The van der Waals surface area contributed by atoms with E-state index in [2.05, 4.69) is 22.4 Å². The molecule has 1 atom stereocenters. The second-order valence-electron chi connectivity index (χ2n) is 7.59. The topological polar surface area (TPSA) is 87.2 Å². The first kappa shape index (κ1) is 25.1. The Morgan fingerprint density at radius 2 is 1.93 bits per heavy atom. The van der Waals surface area contributed by atoms with Gasteiger partial charge in [-0.2, -0.15) is 17.5 Å². The van der Waals surface area contributed by atoms with Gasteiger partial charge in [0, 0.05) is 43.2 Å². The highest BCUT2D eigenvalue weighted by Gasteiger charge is 2.51. The van der Waals surface area contributed by atoms with E-state index in [1.54, 1.807) is 22.8 Å². The molecule has 1 spiro atoms. The molecule has 30 heavy (non-hydrogen) atoms. The van der Waals surface area contributed by atoms with Crippen LogP contribution in [-0.2, 0) is 26.1 Å². The highest BCUT2D eigenvalue weighted by Crippen LogP contribution is 2.43. The number of methoxy groups -OCH3 is 1. The summed E-state index contributed by atoms with van der Waals surface area (Å²) in [7, 11) is -1.56. The molecule has 12 heteroatoms. The van der Waals surface area contributed by atoms with Crippen LogP contribution < -0.4 is 0 Å². The van der Waals surface area contributed by atoms with Crippen molar-refractivity contribution < 1.29 is 36.2 Å². The lowest BCUT2D eigenvalue weighted by Gasteiger charge is -2.45. The smallest absolute Gasteiger partial charge is 0.475 e. The third-order valence-corrected chi connectivity index (χ3v) is 7.71. The van der Waals surface area contributed by atoms with Crippen molar-refractivity contribution in [3.8, 4) is 0 Å². The summed E-state index contributed by atoms with van der Waals surface area (Å²) in [5.41, 5.74) is -0.192. The number of carboxylic acid groups (broad SMARTS) is 1. The lowest BCUT2D eigenvalue weighted by Crippen LogP contribution is -2.56. The molecule has 2 fully saturated rings. The Balaban J connectivity index is 0.000000396. The molecule has 2 aliphatic heterocycles. The van der Waals surface area contributed by atoms with E-state index in [4.69, 9.17) is 14.6 Å². The molecular weight excluding hydrogens is 445 g/mol. The van der Waals surface area contributed by atoms with Crippen LogP contribution >= 0.6 is 11.3 Å². The Hall–Kier alpha value is -1.21. The monoisotopic (exact) mass is 472 g/mol. The zero-order valence-electron chi connectivity index (χ0n) is 16.9. The summed E-state index contributed by atoms with van der Waals surface area (Å²) in [6, 6.07) is 4.25. The number of aliphatic carboxylic acids is 1. The fourth-order valence-corrected chi connectivity index (χ4v) is 6.67. The molecule has 7 nitrogen and oxygen atoms in total. The third kappa shape index (κ3) is 6.39. The minimum Gasteiger partial charge on any atom is -0.475 e. The number of alkyl halides is 3. The van der Waals surface area contributed by atoms with Gasteiger partial charge in [-0.3, -0.25) is 4.90 Å². The molecule has 2 saturated heterocycles. The normalized spacial score (nSPS) is 22.6.